The third kappa shape index (κ3) is 3.64. The molecule has 0 bridgehead atoms. The van der Waals surface area contributed by atoms with Crippen molar-refractivity contribution >= 4 is 42.8 Å². The van der Waals surface area contributed by atoms with E-state index in [-0.39, 0.29) is 5.82 Å². The average Bonchev–Trinajstić information content (AvgIpc) is 2.78. The van der Waals surface area contributed by atoms with Crippen molar-refractivity contribution in [3.63, 3.8) is 0 Å². The van der Waals surface area contributed by atoms with Crippen molar-refractivity contribution in [3.05, 3.63) is 66.5 Å². The monoisotopic (exact) mass is 294 g/mol. The molecule has 4 heteroatoms. The zero-order valence-corrected chi connectivity index (χ0v) is 13.4. The van der Waals surface area contributed by atoms with E-state index < -0.39 is 0 Å². The Labute approximate surface area is 131 Å². The molecule has 1 heterocycles. The first-order chi connectivity index (χ1) is 10.0. The molecule has 0 aliphatic carbocycles. The summed E-state index contributed by atoms with van der Waals surface area (Å²) in [6.45, 7) is 5.60. The Balaban J connectivity index is 2.35. The minimum atomic E-state index is -0.172. The Bertz CT molecular complexity index is 707. The number of hydrogen-bond donors (Lipinski definition) is 0. The van der Waals surface area contributed by atoms with Crippen molar-refractivity contribution in [1.82, 2.24) is 0 Å². The molecule has 21 heavy (non-hydrogen) atoms. The lowest BCUT2D eigenvalue weighted by Gasteiger charge is -2.05. The SMILES string of the molecule is Bc1cc(-c2ccc(/C(C)=C/C=C\C=C)cc2F)sc1B. The third-order valence-electron chi connectivity index (χ3n) is 3.45. The number of allylic oxidation sites excluding steroid dienone is 5. The highest BCUT2D eigenvalue weighted by atomic mass is 32.1. The van der Waals surface area contributed by atoms with E-state index in [1.807, 2.05) is 43.4 Å². The molecule has 2 rings (SSSR count). The number of thiophene rings is 1. The van der Waals surface area contributed by atoms with Gasteiger partial charge in [0.2, 0.25) is 0 Å². The van der Waals surface area contributed by atoms with Gasteiger partial charge in [0, 0.05) is 10.4 Å². The lowest BCUT2D eigenvalue weighted by Crippen LogP contribution is -2.18. The highest BCUT2D eigenvalue weighted by Crippen LogP contribution is 2.27. The zero-order valence-electron chi connectivity index (χ0n) is 12.6. The smallest absolute Gasteiger partial charge is 0.151 e. The quantitative estimate of drug-likeness (QED) is 0.599. The normalized spacial score (nSPS) is 12.0. The Hall–Kier alpha value is -1.80. The van der Waals surface area contributed by atoms with E-state index in [1.165, 1.54) is 10.2 Å². The topological polar surface area (TPSA) is 0 Å². The molecule has 1 aromatic carbocycles. The van der Waals surface area contributed by atoms with Gasteiger partial charge < -0.3 is 0 Å². The molecule has 1 aromatic heterocycles. The number of benzene rings is 1. The van der Waals surface area contributed by atoms with E-state index >= 15 is 0 Å². The van der Waals surface area contributed by atoms with Gasteiger partial charge in [-0.2, -0.15) is 11.3 Å². The lowest BCUT2D eigenvalue weighted by molar-refractivity contribution is 0.631. The van der Waals surface area contributed by atoms with E-state index in [2.05, 4.69) is 22.3 Å². The first-order valence-electron chi connectivity index (χ1n) is 6.86. The standard InChI is InChI=1S/C17H17B2FS/c1-3-4-5-6-11(2)12-7-8-13(15(20)9-12)16-10-14(18)17(19)21-16/h3-10H,1,18-19H2,2H3/b5-4-,11-6+. The van der Waals surface area contributed by atoms with Crippen LogP contribution in [0.15, 0.2) is 55.1 Å². The summed E-state index contributed by atoms with van der Waals surface area (Å²) in [6, 6.07) is 7.49. The number of hydrogen-bond acceptors (Lipinski definition) is 1. The molecule has 2 aromatic rings. The van der Waals surface area contributed by atoms with Gasteiger partial charge in [-0.05, 0) is 28.9 Å². The minimum absolute atomic E-state index is 0.172. The molecule has 0 atom stereocenters. The van der Waals surface area contributed by atoms with Crippen LogP contribution in [0.2, 0.25) is 0 Å². The first kappa shape index (κ1) is 15.6. The molecule has 0 saturated heterocycles. The maximum absolute atomic E-state index is 14.4. The maximum atomic E-state index is 14.4. The van der Waals surface area contributed by atoms with Gasteiger partial charge in [0.15, 0.2) is 7.85 Å². The predicted octanol–water partition coefficient (Wildman–Crippen LogP) is 2.22. The molecule has 104 valence electrons. The molecule has 0 saturated carbocycles. The van der Waals surface area contributed by atoms with Crippen molar-refractivity contribution in [2.45, 2.75) is 6.92 Å². The maximum Gasteiger partial charge on any atom is 0.151 e. The van der Waals surface area contributed by atoms with Gasteiger partial charge in [-0.3, -0.25) is 0 Å². The average molecular weight is 294 g/mol. The molecule has 0 unspecified atom stereocenters. The second kappa shape index (κ2) is 6.77. The van der Waals surface area contributed by atoms with Gasteiger partial charge in [-0.15, -0.1) is 0 Å². The van der Waals surface area contributed by atoms with Crippen molar-refractivity contribution in [3.8, 4) is 10.4 Å². The summed E-state index contributed by atoms with van der Waals surface area (Å²) in [5, 5.41) is 0. The lowest BCUT2D eigenvalue weighted by atomic mass is 9.88. The highest BCUT2D eigenvalue weighted by molar-refractivity contribution is 7.24. The van der Waals surface area contributed by atoms with Crippen molar-refractivity contribution in [2.24, 2.45) is 0 Å². The molecule has 0 aliphatic rings. The fraction of sp³-hybridized carbons (Fsp3) is 0.0588. The number of halogens is 1. The second-order valence-electron chi connectivity index (χ2n) is 5.01. The Morgan fingerprint density at radius 3 is 2.57 bits per heavy atom. The van der Waals surface area contributed by atoms with E-state index in [0.29, 0.717) is 5.56 Å². The first-order valence-corrected chi connectivity index (χ1v) is 7.68. The van der Waals surface area contributed by atoms with Gasteiger partial charge in [-0.25, -0.2) is 4.39 Å². The number of rotatable bonds is 4. The Morgan fingerprint density at radius 2 is 2.00 bits per heavy atom. The van der Waals surface area contributed by atoms with Crippen LogP contribution in [0.1, 0.15) is 12.5 Å². The molecule has 0 radical (unpaired) electrons. The summed E-state index contributed by atoms with van der Waals surface area (Å²) in [5.41, 5.74) is 3.81. The van der Waals surface area contributed by atoms with Crippen LogP contribution in [0, 0.1) is 5.82 Å². The van der Waals surface area contributed by atoms with Crippen LogP contribution >= 0.6 is 11.3 Å². The summed E-state index contributed by atoms with van der Waals surface area (Å²) < 4.78 is 15.6. The van der Waals surface area contributed by atoms with E-state index in [0.717, 1.165) is 16.0 Å². The van der Waals surface area contributed by atoms with Gasteiger partial charge in [0.05, 0.1) is 0 Å². The van der Waals surface area contributed by atoms with Crippen molar-refractivity contribution < 1.29 is 4.39 Å². The van der Waals surface area contributed by atoms with Gasteiger partial charge >= 0.3 is 0 Å². The molecule has 0 N–H and O–H groups in total. The van der Waals surface area contributed by atoms with Gasteiger partial charge in [0.25, 0.3) is 0 Å². The predicted molar refractivity (Wildman–Crippen MR) is 99.1 cm³/mol. The van der Waals surface area contributed by atoms with Crippen molar-refractivity contribution in [2.75, 3.05) is 0 Å². The molecule has 0 spiro atoms. The molecule has 0 fully saturated rings. The van der Waals surface area contributed by atoms with Crippen LogP contribution in [0.5, 0.6) is 0 Å². The van der Waals surface area contributed by atoms with Gasteiger partial charge in [-0.1, -0.05) is 54.5 Å². The summed E-state index contributed by atoms with van der Waals surface area (Å²) in [6.07, 6.45) is 7.43. The van der Waals surface area contributed by atoms with E-state index in [1.54, 1.807) is 23.5 Å². The van der Waals surface area contributed by atoms with Crippen LogP contribution in [-0.2, 0) is 0 Å². The Kier molecular flexibility index (Phi) is 5.03. The molecular formula is C17H17B2FS. The van der Waals surface area contributed by atoms with Crippen LogP contribution in [0.4, 0.5) is 4.39 Å². The van der Waals surface area contributed by atoms with Crippen LogP contribution < -0.4 is 10.2 Å². The zero-order chi connectivity index (χ0) is 15.4. The third-order valence-corrected chi connectivity index (χ3v) is 4.64. The molecule has 0 aliphatic heterocycles. The van der Waals surface area contributed by atoms with E-state index in [4.69, 9.17) is 0 Å². The summed E-state index contributed by atoms with van der Waals surface area (Å²) in [5.74, 6) is -0.172. The van der Waals surface area contributed by atoms with Gasteiger partial charge in [0.1, 0.15) is 13.7 Å². The molecule has 0 nitrogen and oxygen atoms in total. The van der Waals surface area contributed by atoms with Crippen molar-refractivity contribution in [1.29, 1.82) is 0 Å². The Morgan fingerprint density at radius 1 is 1.24 bits per heavy atom. The fourth-order valence-electron chi connectivity index (χ4n) is 2.04. The fourth-order valence-corrected chi connectivity index (χ4v) is 3.10. The van der Waals surface area contributed by atoms with Crippen LogP contribution in [0.3, 0.4) is 0 Å². The summed E-state index contributed by atoms with van der Waals surface area (Å²) in [4.78, 5) is 0.988. The highest BCUT2D eigenvalue weighted by Gasteiger charge is 2.10. The minimum Gasteiger partial charge on any atom is -0.206 e. The molecule has 0 amide bonds. The van der Waals surface area contributed by atoms with Crippen LogP contribution in [0.25, 0.3) is 16.0 Å². The van der Waals surface area contributed by atoms with E-state index in [9.17, 15) is 4.39 Å². The summed E-state index contributed by atoms with van der Waals surface area (Å²) in [7, 11) is 4.12. The summed E-state index contributed by atoms with van der Waals surface area (Å²) >= 11 is 1.64. The second-order valence-corrected chi connectivity index (χ2v) is 6.27. The largest absolute Gasteiger partial charge is 0.206 e. The molecular weight excluding hydrogens is 277 g/mol. The van der Waals surface area contributed by atoms with Crippen LogP contribution in [-0.4, -0.2) is 15.7 Å².